The summed E-state index contributed by atoms with van der Waals surface area (Å²) in [6.07, 6.45) is 1.63. The van der Waals surface area contributed by atoms with Gasteiger partial charge >= 0.3 is 0 Å². The maximum absolute atomic E-state index is 12.9. The van der Waals surface area contributed by atoms with E-state index in [2.05, 4.69) is 15.9 Å². The van der Waals surface area contributed by atoms with Gasteiger partial charge in [0.2, 0.25) is 0 Å². The molecule has 0 bridgehead atoms. The van der Waals surface area contributed by atoms with E-state index in [4.69, 9.17) is 21.1 Å². The molecule has 0 aliphatic carbocycles. The van der Waals surface area contributed by atoms with Gasteiger partial charge in [-0.25, -0.2) is 0 Å². The van der Waals surface area contributed by atoms with E-state index in [9.17, 15) is 19.7 Å². The third kappa shape index (κ3) is 5.89. The first-order valence-corrected chi connectivity index (χ1v) is 12.5. The van der Waals surface area contributed by atoms with E-state index >= 15 is 0 Å². The Morgan fingerprint density at radius 3 is 2.39 bits per heavy atom. The first-order valence-electron chi connectivity index (χ1n) is 10.5. The minimum Gasteiger partial charge on any atom is -0.493 e. The summed E-state index contributed by atoms with van der Waals surface area (Å²) in [4.78, 5) is 37.2. The summed E-state index contributed by atoms with van der Waals surface area (Å²) in [5.41, 5.74) is 2.17. The summed E-state index contributed by atoms with van der Waals surface area (Å²) in [6.45, 7) is 0.317. The SMILES string of the molecule is COc1cc(/C=C2\SC(=O)N(Cc3ccc(Cl)cc3)C2=O)cc(Br)c1OCc1ccc([N+](=O)[O-])cc1. The molecule has 1 aliphatic heterocycles. The zero-order valence-electron chi connectivity index (χ0n) is 18.8. The number of thioether (sulfide) groups is 1. The molecule has 8 nitrogen and oxygen atoms in total. The standard InChI is InChI=1S/C25H18BrClN2O6S/c1-34-21-11-17(10-20(26)23(21)35-14-16-4-8-19(9-5-16)29(32)33)12-22-24(30)28(25(31)36-22)13-15-2-6-18(27)7-3-15/h2-12H,13-14H2,1H3/b22-12-. The van der Waals surface area contributed by atoms with Crippen molar-refractivity contribution in [2.24, 2.45) is 0 Å². The highest BCUT2D eigenvalue weighted by atomic mass is 79.9. The number of hydrogen-bond acceptors (Lipinski definition) is 7. The van der Waals surface area contributed by atoms with Crippen molar-refractivity contribution in [3.05, 3.63) is 102 Å². The van der Waals surface area contributed by atoms with E-state index < -0.39 is 4.92 Å². The van der Waals surface area contributed by atoms with E-state index in [-0.39, 0.29) is 30.0 Å². The molecule has 1 heterocycles. The Morgan fingerprint density at radius 1 is 1.08 bits per heavy atom. The van der Waals surface area contributed by atoms with Crippen molar-refractivity contribution in [2.75, 3.05) is 7.11 Å². The van der Waals surface area contributed by atoms with Gasteiger partial charge in [-0.3, -0.25) is 24.6 Å². The van der Waals surface area contributed by atoms with Crippen LogP contribution in [0.1, 0.15) is 16.7 Å². The van der Waals surface area contributed by atoms with Crippen molar-refractivity contribution in [3.63, 3.8) is 0 Å². The van der Waals surface area contributed by atoms with Gasteiger partial charge in [0.15, 0.2) is 11.5 Å². The highest BCUT2D eigenvalue weighted by Crippen LogP contribution is 2.39. The molecule has 0 radical (unpaired) electrons. The van der Waals surface area contributed by atoms with Crippen LogP contribution >= 0.6 is 39.3 Å². The first kappa shape index (κ1) is 25.7. The fourth-order valence-electron chi connectivity index (χ4n) is 3.39. The Balaban J connectivity index is 1.50. The molecule has 11 heteroatoms. The predicted molar refractivity (Wildman–Crippen MR) is 141 cm³/mol. The zero-order chi connectivity index (χ0) is 25.8. The molecule has 4 rings (SSSR count). The van der Waals surface area contributed by atoms with Crippen LogP contribution < -0.4 is 9.47 Å². The molecule has 1 fully saturated rings. The minimum atomic E-state index is -0.463. The second kappa shape index (κ2) is 11.2. The molecule has 0 spiro atoms. The number of rotatable bonds is 8. The van der Waals surface area contributed by atoms with Crippen LogP contribution in [0.4, 0.5) is 10.5 Å². The molecule has 0 N–H and O–H groups in total. The van der Waals surface area contributed by atoms with Crippen molar-refractivity contribution in [2.45, 2.75) is 13.2 Å². The Labute approximate surface area is 224 Å². The summed E-state index contributed by atoms with van der Waals surface area (Å²) in [7, 11) is 1.49. The van der Waals surface area contributed by atoms with Crippen molar-refractivity contribution in [1.29, 1.82) is 0 Å². The number of hydrogen-bond donors (Lipinski definition) is 0. The number of carbonyl (C=O) groups excluding carboxylic acids is 2. The van der Waals surface area contributed by atoms with Crippen molar-refractivity contribution < 1.29 is 24.0 Å². The zero-order valence-corrected chi connectivity index (χ0v) is 21.9. The predicted octanol–water partition coefficient (Wildman–Crippen LogP) is 6.83. The summed E-state index contributed by atoms with van der Waals surface area (Å²) in [5, 5.41) is 11.0. The molecule has 1 aliphatic rings. The van der Waals surface area contributed by atoms with Gasteiger partial charge in [0, 0.05) is 17.2 Å². The van der Waals surface area contributed by atoms with Crippen molar-refractivity contribution >= 4 is 62.2 Å². The molecule has 184 valence electrons. The van der Waals surface area contributed by atoms with Crippen LogP contribution in [-0.4, -0.2) is 28.1 Å². The van der Waals surface area contributed by atoms with Crippen molar-refractivity contribution in [1.82, 2.24) is 4.90 Å². The number of carbonyl (C=O) groups is 2. The second-order valence-electron chi connectivity index (χ2n) is 7.64. The lowest BCUT2D eigenvalue weighted by Crippen LogP contribution is -2.27. The number of benzene rings is 3. The number of nitrogens with zero attached hydrogens (tertiary/aromatic N) is 2. The number of nitro benzene ring substituents is 1. The molecular weight excluding hydrogens is 572 g/mol. The minimum absolute atomic E-state index is 0.000515. The normalized spacial score (nSPS) is 14.4. The first-order chi connectivity index (χ1) is 17.2. The molecular formula is C25H18BrClN2O6S. The van der Waals surface area contributed by atoms with Gasteiger partial charge in [-0.2, -0.15) is 0 Å². The third-order valence-electron chi connectivity index (χ3n) is 5.21. The Bertz CT molecular complexity index is 1360. The second-order valence-corrected chi connectivity index (χ2v) is 9.92. The average molecular weight is 590 g/mol. The lowest BCUT2D eigenvalue weighted by atomic mass is 10.1. The fourth-order valence-corrected chi connectivity index (χ4v) is 4.93. The van der Waals surface area contributed by atoms with Gasteiger partial charge < -0.3 is 9.47 Å². The maximum Gasteiger partial charge on any atom is 0.293 e. The van der Waals surface area contributed by atoms with Crippen LogP contribution in [0.2, 0.25) is 5.02 Å². The molecule has 3 aromatic rings. The average Bonchev–Trinajstić information content (AvgIpc) is 3.11. The quantitative estimate of drug-likeness (QED) is 0.161. The van der Waals surface area contributed by atoms with Crippen LogP contribution in [0, 0.1) is 10.1 Å². The van der Waals surface area contributed by atoms with Gasteiger partial charge in [-0.15, -0.1) is 0 Å². The van der Waals surface area contributed by atoms with E-state index in [1.807, 2.05) is 0 Å². The molecule has 0 aromatic heterocycles. The Morgan fingerprint density at radius 2 is 1.75 bits per heavy atom. The molecule has 0 atom stereocenters. The smallest absolute Gasteiger partial charge is 0.293 e. The largest absolute Gasteiger partial charge is 0.493 e. The van der Waals surface area contributed by atoms with Gasteiger partial charge in [0.05, 0.1) is 28.0 Å². The number of nitro groups is 1. The van der Waals surface area contributed by atoms with E-state index in [0.717, 1.165) is 22.9 Å². The van der Waals surface area contributed by atoms with Crippen LogP contribution in [0.5, 0.6) is 11.5 Å². The lowest BCUT2D eigenvalue weighted by molar-refractivity contribution is -0.384. The summed E-state index contributed by atoms with van der Waals surface area (Å²) in [6, 6.07) is 16.5. The Kier molecular flexibility index (Phi) is 7.97. The topological polar surface area (TPSA) is 99.0 Å². The lowest BCUT2D eigenvalue weighted by Gasteiger charge is -2.14. The van der Waals surface area contributed by atoms with Crippen LogP contribution in [-0.2, 0) is 17.9 Å². The van der Waals surface area contributed by atoms with Crippen molar-refractivity contribution in [3.8, 4) is 11.5 Å². The molecule has 0 unspecified atom stereocenters. The van der Waals surface area contributed by atoms with Crippen LogP contribution in [0.15, 0.2) is 70.0 Å². The van der Waals surface area contributed by atoms with Crippen LogP contribution in [0.25, 0.3) is 6.08 Å². The van der Waals surface area contributed by atoms with E-state index in [0.29, 0.717) is 31.5 Å². The number of imide groups is 1. The molecule has 1 saturated heterocycles. The summed E-state index contributed by atoms with van der Waals surface area (Å²) < 4.78 is 11.9. The number of ether oxygens (including phenoxy) is 2. The van der Waals surface area contributed by atoms with E-state index in [1.54, 1.807) is 54.6 Å². The molecule has 36 heavy (non-hydrogen) atoms. The monoisotopic (exact) mass is 588 g/mol. The highest BCUT2D eigenvalue weighted by Gasteiger charge is 2.35. The molecule has 0 saturated carbocycles. The molecule has 2 amide bonds. The fraction of sp³-hybridized carbons (Fsp3) is 0.120. The third-order valence-corrected chi connectivity index (χ3v) is 6.96. The number of amides is 2. The Hall–Kier alpha value is -3.34. The summed E-state index contributed by atoms with van der Waals surface area (Å²) in [5.74, 6) is 0.468. The number of non-ortho nitro benzene ring substituents is 1. The van der Waals surface area contributed by atoms with Gasteiger partial charge in [-0.05, 0) is 86.9 Å². The maximum atomic E-state index is 12.9. The van der Waals surface area contributed by atoms with Gasteiger partial charge in [0.1, 0.15) is 6.61 Å². The highest BCUT2D eigenvalue weighted by molar-refractivity contribution is 9.10. The molecule has 3 aromatic carbocycles. The van der Waals surface area contributed by atoms with Crippen LogP contribution in [0.3, 0.4) is 0 Å². The van der Waals surface area contributed by atoms with Gasteiger partial charge in [-0.1, -0.05) is 23.7 Å². The summed E-state index contributed by atoms with van der Waals surface area (Å²) >= 11 is 10.3. The van der Waals surface area contributed by atoms with E-state index in [1.165, 1.54) is 24.1 Å². The number of halogens is 2. The van der Waals surface area contributed by atoms with Gasteiger partial charge in [0.25, 0.3) is 16.8 Å². The number of methoxy groups -OCH3 is 1.